The summed E-state index contributed by atoms with van der Waals surface area (Å²) in [4.78, 5) is 8.48. The van der Waals surface area contributed by atoms with Gasteiger partial charge in [0.1, 0.15) is 5.69 Å². The molecule has 6 heteroatoms. The Labute approximate surface area is 190 Å². The molecule has 32 heavy (non-hydrogen) atoms. The predicted octanol–water partition coefficient (Wildman–Crippen LogP) is 7.79. The minimum absolute atomic E-state index is 0.126. The maximum absolute atomic E-state index is 13.7. The SMILES string of the molecule is CCCCCC(C)(CCc1ccc(C(F)(F)F)c(C(=N)c2cccnc2C)n1)CC(C)C. The second-order valence-corrected chi connectivity index (χ2v) is 9.57. The van der Waals surface area contributed by atoms with Gasteiger partial charge in [0, 0.05) is 23.1 Å². The fraction of sp³-hybridized carbons (Fsp3) is 0.577. The van der Waals surface area contributed by atoms with Gasteiger partial charge in [0.2, 0.25) is 0 Å². The molecular weight excluding hydrogens is 411 g/mol. The number of halogens is 3. The molecule has 2 aromatic heterocycles. The van der Waals surface area contributed by atoms with E-state index in [1.807, 2.05) is 0 Å². The Hall–Kier alpha value is -2.24. The van der Waals surface area contributed by atoms with Crippen LogP contribution in [0, 0.1) is 23.7 Å². The standard InChI is InChI=1S/C26H36F3N3/c1-6-7-8-14-25(5,17-18(2)3)15-13-20-11-12-22(26(27,28)29)24(32-20)23(30)21-10-9-16-31-19(21)4/h9-12,16,18,30H,6-8,13-15,17H2,1-5H3. The van der Waals surface area contributed by atoms with Gasteiger partial charge in [0.05, 0.1) is 11.3 Å². The molecule has 1 atom stereocenters. The molecule has 0 aliphatic carbocycles. The van der Waals surface area contributed by atoms with Gasteiger partial charge < -0.3 is 0 Å². The number of hydrogen-bond acceptors (Lipinski definition) is 3. The van der Waals surface area contributed by atoms with Gasteiger partial charge in [-0.05, 0) is 68.2 Å². The van der Waals surface area contributed by atoms with E-state index in [0.717, 1.165) is 38.2 Å². The Morgan fingerprint density at radius 1 is 1.09 bits per heavy atom. The number of unbranched alkanes of at least 4 members (excludes halogenated alkanes) is 2. The lowest BCUT2D eigenvalue weighted by Gasteiger charge is -2.32. The summed E-state index contributed by atoms with van der Waals surface area (Å²) in [5.74, 6) is 0.555. The second-order valence-electron chi connectivity index (χ2n) is 9.57. The highest BCUT2D eigenvalue weighted by molar-refractivity contribution is 6.11. The molecule has 176 valence electrons. The topological polar surface area (TPSA) is 49.6 Å². The number of rotatable bonds is 11. The van der Waals surface area contributed by atoms with Gasteiger partial charge in [-0.25, -0.2) is 0 Å². The predicted molar refractivity (Wildman–Crippen MR) is 124 cm³/mol. The third-order valence-electron chi connectivity index (χ3n) is 6.04. The smallest absolute Gasteiger partial charge is 0.298 e. The highest BCUT2D eigenvalue weighted by Crippen LogP contribution is 2.37. The molecule has 0 aliphatic heterocycles. The van der Waals surface area contributed by atoms with E-state index in [4.69, 9.17) is 5.41 Å². The number of aryl methyl sites for hydroxylation is 2. The molecule has 0 aromatic carbocycles. The van der Waals surface area contributed by atoms with Crippen LogP contribution in [0.25, 0.3) is 0 Å². The van der Waals surface area contributed by atoms with Crippen LogP contribution in [-0.2, 0) is 12.6 Å². The van der Waals surface area contributed by atoms with Crippen molar-refractivity contribution in [2.24, 2.45) is 11.3 Å². The van der Waals surface area contributed by atoms with E-state index < -0.39 is 11.7 Å². The molecule has 0 amide bonds. The van der Waals surface area contributed by atoms with Gasteiger partial charge in [0.25, 0.3) is 0 Å². The summed E-state index contributed by atoms with van der Waals surface area (Å²) >= 11 is 0. The molecule has 0 radical (unpaired) electrons. The molecule has 2 heterocycles. The lowest BCUT2D eigenvalue weighted by Crippen LogP contribution is -2.21. The van der Waals surface area contributed by atoms with Crippen LogP contribution < -0.4 is 0 Å². The van der Waals surface area contributed by atoms with Crippen LogP contribution in [-0.4, -0.2) is 15.7 Å². The zero-order chi connectivity index (χ0) is 23.9. The Bertz CT molecular complexity index is 905. The highest BCUT2D eigenvalue weighted by Gasteiger charge is 2.36. The minimum Gasteiger partial charge on any atom is -0.298 e. The fourth-order valence-corrected chi connectivity index (χ4v) is 4.48. The Balaban J connectivity index is 2.34. The second kappa shape index (κ2) is 11.1. The van der Waals surface area contributed by atoms with Crippen molar-refractivity contribution in [1.29, 1.82) is 5.41 Å². The highest BCUT2D eigenvalue weighted by atomic mass is 19.4. The first-order valence-corrected chi connectivity index (χ1v) is 11.5. The van der Waals surface area contributed by atoms with Gasteiger partial charge in [-0.1, -0.05) is 47.0 Å². The molecule has 0 aliphatic rings. The largest absolute Gasteiger partial charge is 0.418 e. The van der Waals surface area contributed by atoms with Crippen molar-refractivity contribution in [2.45, 2.75) is 85.7 Å². The quantitative estimate of drug-likeness (QED) is 0.282. The Kier molecular flexibility index (Phi) is 8.99. The number of hydrogen-bond donors (Lipinski definition) is 1. The number of aromatic nitrogens is 2. The summed E-state index contributed by atoms with van der Waals surface area (Å²) in [7, 11) is 0. The number of nitrogens with one attached hydrogen (secondary N) is 1. The molecule has 2 aromatic rings. The van der Waals surface area contributed by atoms with Crippen LogP contribution in [0.1, 0.15) is 94.4 Å². The van der Waals surface area contributed by atoms with E-state index in [2.05, 4.69) is 37.7 Å². The summed E-state index contributed by atoms with van der Waals surface area (Å²) in [6.45, 7) is 10.6. The first-order valence-electron chi connectivity index (χ1n) is 11.5. The average molecular weight is 448 g/mol. The van der Waals surface area contributed by atoms with Crippen LogP contribution >= 0.6 is 0 Å². The van der Waals surface area contributed by atoms with E-state index in [0.29, 0.717) is 29.3 Å². The zero-order valence-corrected chi connectivity index (χ0v) is 19.9. The van der Waals surface area contributed by atoms with Crippen molar-refractivity contribution in [2.75, 3.05) is 0 Å². The van der Waals surface area contributed by atoms with Crippen molar-refractivity contribution < 1.29 is 13.2 Å². The molecule has 1 unspecified atom stereocenters. The maximum atomic E-state index is 13.7. The van der Waals surface area contributed by atoms with E-state index in [9.17, 15) is 13.2 Å². The average Bonchev–Trinajstić information content (AvgIpc) is 2.71. The third kappa shape index (κ3) is 7.14. The third-order valence-corrected chi connectivity index (χ3v) is 6.04. The van der Waals surface area contributed by atoms with Crippen molar-refractivity contribution in [3.63, 3.8) is 0 Å². The molecule has 2 rings (SSSR count). The van der Waals surface area contributed by atoms with E-state index >= 15 is 0 Å². The number of alkyl halides is 3. The fourth-order valence-electron chi connectivity index (χ4n) is 4.48. The van der Waals surface area contributed by atoms with E-state index in [1.54, 1.807) is 25.3 Å². The zero-order valence-electron chi connectivity index (χ0n) is 19.9. The lowest BCUT2D eigenvalue weighted by molar-refractivity contribution is -0.138. The monoisotopic (exact) mass is 447 g/mol. The summed E-state index contributed by atoms with van der Waals surface area (Å²) in [5, 5.41) is 8.49. The summed E-state index contributed by atoms with van der Waals surface area (Å²) in [6.07, 6.45) is 4.16. The normalized spacial score (nSPS) is 13.9. The lowest BCUT2D eigenvalue weighted by atomic mass is 9.74. The molecule has 0 fully saturated rings. The molecular formula is C26H36F3N3. The maximum Gasteiger partial charge on any atom is 0.418 e. The van der Waals surface area contributed by atoms with Crippen molar-refractivity contribution in [1.82, 2.24) is 9.97 Å². The van der Waals surface area contributed by atoms with E-state index in [-0.39, 0.29) is 16.8 Å². The summed E-state index contributed by atoms with van der Waals surface area (Å²) in [6, 6.07) is 5.79. The van der Waals surface area contributed by atoms with Crippen LogP contribution in [0.15, 0.2) is 30.5 Å². The van der Waals surface area contributed by atoms with Crippen LogP contribution in [0.5, 0.6) is 0 Å². The molecule has 0 bridgehead atoms. The Morgan fingerprint density at radius 2 is 1.81 bits per heavy atom. The first-order chi connectivity index (χ1) is 15.0. The molecule has 0 saturated heterocycles. The van der Waals surface area contributed by atoms with Crippen LogP contribution in [0.3, 0.4) is 0 Å². The van der Waals surface area contributed by atoms with Crippen molar-refractivity contribution >= 4 is 5.71 Å². The van der Waals surface area contributed by atoms with Crippen molar-refractivity contribution in [3.05, 3.63) is 58.7 Å². The number of pyridine rings is 2. The molecule has 0 saturated carbocycles. The molecule has 3 nitrogen and oxygen atoms in total. The van der Waals surface area contributed by atoms with Crippen LogP contribution in [0.4, 0.5) is 13.2 Å². The van der Waals surface area contributed by atoms with Gasteiger partial charge in [0.15, 0.2) is 0 Å². The van der Waals surface area contributed by atoms with Gasteiger partial charge in [-0.15, -0.1) is 0 Å². The van der Waals surface area contributed by atoms with Gasteiger partial charge in [-0.2, -0.15) is 13.2 Å². The summed E-state index contributed by atoms with van der Waals surface area (Å²) < 4.78 is 41.1. The van der Waals surface area contributed by atoms with Gasteiger partial charge >= 0.3 is 6.18 Å². The first kappa shape index (κ1) is 26.0. The van der Waals surface area contributed by atoms with Gasteiger partial charge in [-0.3, -0.25) is 15.4 Å². The van der Waals surface area contributed by atoms with Crippen molar-refractivity contribution in [3.8, 4) is 0 Å². The Morgan fingerprint density at radius 3 is 2.41 bits per heavy atom. The molecule has 1 N–H and O–H groups in total. The molecule has 0 spiro atoms. The minimum atomic E-state index is -4.57. The van der Waals surface area contributed by atoms with Crippen LogP contribution in [0.2, 0.25) is 0 Å². The van der Waals surface area contributed by atoms with E-state index in [1.165, 1.54) is 12.5 Å². The summed E-state index contributed by atoms with van der Waals surface area (Å²) in [5.41, 5.74) is 0.180. The number of nitrogens with zero attached hydrogens (tertiary/aromatic N) is 2.